The maximum Gasteiger partial charge on any atom is 0.416 e. The summed E-state index contributed by atoms with van der Waals surface area (Å²) in [6, 6.07) is 3.98. The molecule has 0 unspecified atom stereocenters. The second-order valence-corrected chi connectivity index (χ2v) is 4.09. The molecule has 2 N–H and O–H groups in total. The van der Waals surface area contributed by atoms with Gasteiger partial charge in [0.1, 0.15) is 0 Å². The molecular weight excluding hydrogens is 249 g/mol. The molecule has 2 nitrogen and oxygen atoms in total. The van der Waals surface area contributed by atoms with Gasteiger partial charge in [-0.15, -0.1) is 0 Å². The van der Waals surface area contributed by atoms with Gasteiger partial charge in [0.15, 0.2) is 4.77 Å². The Kier molecular flexibility index (Phi) is 2.82. The number of imidazole rings is 1. The van der Waals surface area contributed by atoms with Crippen LogP contribution in [0.3, 0.4) is 0 Å². The molecule has 1 heterocycles. The van der Waals surface area contributed by atoms with Gasteiger partial charge >= 0.3 is 6.18 Å². The van der Waals surface area contributed by atoms with Crippen LogP contribution < -0.4 is 0 Å². The van der Waals surface area contributed by atoms with E-state index in [-0.39, 0.29) is 5.56 Å². The van der Waals surface area contributed by atoms with Crippen molar-refractivity contribution in [3.63, 3.8) is 0 Å². The van der Waals surface area contributed by atoms with Crippen molar-refractivity contribution in [2.24, 2.45) is 0 Å². The van der Waals surface area contributed by atoms with Gasteiger partial charge in [-0.3, -0.25) is 0 Å². The summed E-state index contributed by atoms with van der Waals surface area (Å²) in [6.45, 7) is 1.44. The van der Waals surface area contributed by atoms with E-state index in [1.807, 2.05) is 0 Å². The summed E-state index contributed by atoms with van der Waals surface area (Å²) in [6.07, 6.45) is -2.68. The van der Waals surface area contributed by atoms with Gasteiger partial charge in [0.2, 0.25) is 0 Å². The van der Waals surface area contributed by atoms with Crippen molar-refractivity contribution in [3.8, 4) is 11.3 Å². The standard InChI is InChI=1S/C11H9F3N2S/c1-6-4-7(9-5-15-10(17)16-9)2-3-8(6)11(12,13)14/h2-5H,1H3,(H2,15,16,17). The van der Waals surface area contributed by atoms with E-state index in [9.17, 15) is 13.2 Å². The summed E-state index contributed by atoms with van der Waals surface area (Å²) in [5.41, 5.74) is 0.917. The fourth-order valence-corrected chi connectivity index (χ4v) is 1.81. The Hall–Kier alpha value is -1.56. The van der Waals surface area contributed by atoms with Crippen molar-refractivity contribution < 1.29 is 13.2 Å². The number of halogens is 3. The summed E-state index contributed by atoms with van der Waals surface area (Å²) in [5, 5.41) is 0. The normalized spacial score (nSPS) is 11.8. The van der Waals surface area contributed by atoms with Crippen LogP contribution in [0.5, 0.6) is 0 Å². The number of hydrogen-bond acceptors (Lipinski definition) is 1. The van der Waals surface area contributed by atoms with E-state index >= 15 is 0 Å². The van der Waals surface area contributed by atoms with Crippen LogP contribution in [0.15, 0.2) is 24.4 Å². The Bertz CT molecular complexity index is 595. The summed E-state index contributed by atoms with van der Waals surface area (Å²) >= 11 is 4.86. The van der Waals surface area contributed by atoms with Crippen LogP contribution in [0.1, 0.15) is 11.1 Å². The Morgan fingerprint density at radius 3 is 2.41 bits per heavy atom. The molecule has 0 aliphatic rings. The van der Waals surface area contributed by atoms with Crippen molar-refractivity contribution in [2.75, 3.05) is 0 Å². The highest BCUT2D eigenvalue weighted by atomic mass is 32.1. The van der Waals surface area contributed by atoms with Crippen LogP contribution in [0.25, 0.3) is 11.3 Å². The summed E-state index contributed by atoms with van der Waals surface area (Å²) < 4.78 is 38.1. The molecule has 0 aliphatic heterocycles. The van der Waals surface area contributed by atoms with Crippen molar-refractivity contribution in [3.05, 3.63) is 40.3 Å². The fraction of sp³-hybridized carbons (Fsp3) is 0.182. The number of aromatic amines is 2. The van der Waals surface area contributed by atoms with Crippen LogP contribution in [0.4, 0.5) is 13.2 Å². The van der Waals surface area contributed by atoms with Gasteiger partial charge in [0, 0.05) is 6.20 Å². The average Bonchev–Trinajstić information content (AvgIpc) is 2.62. The first kappa shape index (κ1) is 11.9. The molecule has 17 heavy (non-hydrogen) atoms. The summed E-state index contributed by atoms with van der Waals surface area (Å²) in [5.74, 6) is 0. The van der Waals surface area contributed by atoms with Gasteiger partial charge in [0.25, 0.3) is 0 Å². The molecule has 1 aromatic heterocycles. The topological polar surface area (TPSA) is 31.6 Å². The molecule has 0 spiro atoms. The zero-order valence-corrected chi connectivity index (χ0v) is 9.67. The highest BCUT2D eigenvalue weighted by molar-refractivity contribution is 7.71. The molecule has 0 radical (unpaired) electrons. The molecule has 0 amide bonds. The number of aryl methyl sites for hydroxylation is 1. The predicted octanol–water partition coefficient (Wildman–Crippen LogP) is 4.07. The Morgan fingerprint density at radius 1 is 1.24 bits per heavy atom. The predicted molar refractivity (Wildman–Crippen MR) is 61.2 cm³/mol. The van der Waals surface area contributed by atoms with Gasteiger partial charge in [-0.2, -0.15) is 13.2 Å². The first-order valence-corrected chi connectivity index (χ1v) is 5.24. The summed E-state index contributed by atoms with van der Waals surface area (Å²) in [4.78, 5) is 5.62. The largest absolute Gasteiger partial charge is 0.416 e. The molecule has 0 aliphatic carbocycles. The van der Waals surface area contributed by atoms with Gasteiger partial charge < -0.3 is 9.97 Å². The molecule has 6 heteroatoms. The second kappa shape index (κ2) is 4.03. The van der Waals surface area contributed by atoms with E-state index in [4.69, 9.17) is 12.2 Å². The number of benzene rings is 1. The number of alkyl halides is 3. The number of rotatable bonds is 1. The molecular formula is C11H9F3N2S. The molecule has 0 saturated heterocycles. The minimum absolute atomic E-state index is 0.190. The van der Waals surface area contributed by atoms with E-state index < -0.39 is 11.7 Å². The van der Waals surface area contributed by atoms with Crippen LogP contribution in [-0.2, 0) is 6.18 Å². The fourth-order valence-electron chi connectivity index (χ4n) is 1.64. The lowest BCUT2D eigenvalue weighted by Crippen LogP contribution is -2.07. The molecule has 0 saturated carbocycles. The quantitative estimate of drug-likeness (QED) is 0.742. The number of hydrogen-bond donors (Lipinski definition) is 2. The van der Waals surface area contributed by atoms with E-state index in [0.717, 1.165) is 6.07 Å². The molecule has 90 valence electrons. The molecule has 0 fully saturated rings. The Labute approximate surface area is 101 Å². The van der Waals surface area contributed by atoms with Crippen LogP contribution in [-0.4, -0.2) is 9.97 Å². The number of nitrogens with one attached hydrogen (secondary N) is 2. The monoisotopic (exact) mass is 258 g/mol. The lowest BCUT2D eigenvalue weighted by Gasteiger charge is -2.10. The SMILES string of the molecule is Cc1cc(-c2c[nH]c(=S)[nH]2)ccc1C(F)(F)F. The lowest BCUT2D eigenvalue weighted by molar-refractivity contribution is -0.138. The molecule has 0 atom stereocenters. The van der Waals surface area contributed by atoms with Crippen molar-refractivity contribution in [1.82, 2.24) is 9.97 Å². The smallest absolute Gasteiger partial charge is 0.337 e. The number of H-pyrrole nitrogens is 2. The van der Waals surface area contributed by atoms with Crippen LogP contribution >= 0.6 is 12.2 Å². The van der Waals surface area contributed by atoms with E-state index in [1.165, 1.54) is 19.1 Å². The van der Waals surface area contributed by atoms with E-state index in [0.29, 0.717) is 16.0 Å². The number of aromatic nitrogens is 2. The zero-order chi connectivity index (χ0) is 12.6. The average molecular weight is 258 g/mol. The maximum absolute atomic E-state index is 12.6. The first-order chi connectivity index (χ1) is 7.88. The third kappa shape index (κ3) is 2.41. The Balaban J connectivity index is 2.48. The van der Waals surface area contributed by atoms with E-state index in [1.54, 1.807) is 6.20 Å². The lowest BCUT2D eigenvalue weighted by atomic mass is 10.0. The molecule has 1 aromatic carbocycles. The van der Waals surface area contributed by atoms with Gasteiger partial charge in [0.05, 0.1) is 11.3 Å². The zero-order valence-electron chi connectivity index (χ0n) is 8.85. The molecule has 0 bridgehead atoms. The Morgan fingerprint density at radius 2 is 1.94 bits per heavy atom. The highest BCUT2D eigenvalue weighted by Crippen LogP contribution is 2.33. The third-order valence-electron chi connectivity index (χ3n) is 2.44. The second-order valence-electron chi connectivity index (χ2n) is 3.68. The maximum atomic E-state index is 12.6. The van der Waals surface area contributed by atoms with Crippen molar-refractivity contribution in [2.45, 2.75) is 13.1 Å². The molecule has 2 rings (SSSR count). The van der Waals surface area contributed by atoms with Gasteiger partial charge in [-0.1, -0.05) is 6.07 Å². The van der Waals surface area contributed by atoms with E-state index in [2.05, 4.69) is 9.97 Å². The van der Waals surface area contributed by atoms with Crippen molar-refractivity contribution in [1.29, 1.82) is 0 Å². The minimum atomic E-state index is -4.31. The minimum Gasteiger partial charge on any atom is -0.337 e. The molecule has 2 aromatic rings. The van der Waals surface area contributed by atoms with Gasteiger partial charge in [-0.25, -0.2) is 0 Å². The van der Waals surface area contributed by atoms with Crippen LogP contribution in [0, 0.1) is 11.7 Å². The first-order valence-electron chi connectivity index (χ1n) is 4.84. The van der Waals surface area contributed by atoms with Gasteiger partial charge in [-0.05, 0) is 42.4 Å². The highest BCUT2D eigenvalue weighted by Gasteiger charge is 2.32. The van der Waals surface area contributed by atoms with Crippen molar-refractivity contribution >= 4 is 12.2 Å². The summed E-state index contributed by atoms with van der Waals surface area (Å²) in [7, 11) is 0. The van der Waals surface area contributed by atoms with Crippen LogP contribution in [0.2, 0.25) is 0 Å². The third-order valence-corrected chi connectivity index (χ3v) is 2.66.